The van der Waals surface area contributed by atoms with Crippen molar-refractivity contribution in [3.05, 3.63) is 35.9 Å². The molecule has 138 valence electrons. The Kier molecular flexibility index (Phi) is 4.53. The molecule has 0 bridgehead atoms. The summed E-state index contributed by atoms with van der Waals surface area (Å²) in [5.74, 6) is -0.606. The van der Waals surface area contributed by atoms with Gasteiger partial charge in [-0.1, -0.05) is 6.07 Å². The van der Waals surface area contributed by atoms with Crippen molar-refractivity contribution < 1.29 is 17.5 Å². The van der Waals surface area contributed by atoms with Gasteiger partial charge in [-0.3, -0.25) is 0 Å². The highest BCUT2D eigenvalue weighted by molar-refractivity contribution is 7.90. The summed E-state index contributed by atoms with van der Waals surface area (Å²) in [6.45, 7) is 0. The molecule has 1 aromatic carbocycles. The fourth-order valence-corrected chi connectivity index (χ4v) is 3.71. The highest BCUT2D eigenvalue weighted by Crippen LogP contribution is 2.25. The van der Waals surface area contributed by atoms with Gasteiger partial charge in [-0.05, 0) is 17.7 Å². The Morgan fingerprint density at radius 3 is 2.62 bits per heavy atom. The molecule has 0 spiro atoms. The van der Waals surface area contributed by atoms with Crippen molar-refractivity contribution in [2.75, 3.05) is 26.1 Å². The Labute approximate surface area is 150 Å². The minimum atomic E-state index is -3.89. The quantitative estimate of drug-likeness (QED) is 0.621. The highest BCUT2D eigenvalue weighted by atomic mass is 32.2. The molecule has 0 amide bonds. The average Bonchev–Trinajstić information content (AvgIpc) is 2.95. The number of methoxy groups -OCH3 is 1. The van der Waals surface area contributed by atoms with Crippen LogP contribution in [-0.4, -0.2) is 49.1 Å². The van der Waals surface area contributed by atoms with E-state index in [1.807, 2.05) is 0 Å². The summed E-state index contributed by atoms with van der Waals surface area (Å²) in [4.78, 5) is 14.2. The molecule has 8 nitrogen and oxygen atoms in total. The van der Waals surface area contributed by atoms with Crippen LogP contribution < -0.4 is 9.64 Å². The van der Waals surface area contributed by atoms with Gasteiger partial charge in [-0.25, -0.2) is 17.8 Å². The van der Waals surface area contributed by atoms with Crippen molar-refractivity contribution in [1.82, 2.24) is 19.5 Å². The van der Waals surface area contributed by atoms with E-state index in [9.17, 15) is 12.8 Å². The van der Waals surface area contributed by atoms with Crippen LogP contribution in [0.25, 0.3) is 11.2 Å². The molecular formula is C16H18FN5O3S. The highest BCUT2D eigenvalue weighted by Gasteiger charge is 2.24. The number of nitrogens with zero attached hydrogens (tertiary/aromatic N) is 5. The second-order valence-electron chi connectivity index (χ2n) is 5.98. The number of hydrogen-bond acceptors (Lipinski definition) is 7. The number of ether oxygens (including phenoxy) is 1. The van der Waals surface area contributed by atoms with Gasteiger partial charge in [0.2, 0.25) is 9.84 Å². The third kappa shape index (κ3) is 3.19. The first-order chi connectivity index (χ1) is 12.2. The summed E-state index contributed by atoms with van der Waals surface area (Å²) in [6, 6.07) is 4.01. The summed E-state index contributed by atoms with van der Waals surface area (Å²) < 4.78 is 45.9. The van der Waals surface area contributed by atoms with Gasteiger partial charge in [0.1, 0.15) is 0 Å². The van der Waals surface area contributed by atoms with Gasteiger partial charge in [0.15, 0.2) is 28.5 Å². The number of aromatic nitrogens is 4. The number of imidazole rings is 1. The van der Waals surface area contributed by atoms with Crippen LogP contribution in [0.2, 0.25) is 0 Å². The SMILES string of the molecule is COc1ccc(CS(=O)(=O)c2nc(N(C)C)c3ncn(C)c3n2)cc1F. The average molecular weight is 379 g/mol. The maximum absolute atomic E-state index is 13.8. The lowest BCUT2D eigenvalue weighted by Crippen LogP contribution is -2.16. The Hall–Kier alpha value is -2.75. The van der Waals surface area contributed by atoms with Crippen LogP contribution >= 0.6 is 0 Å². The standard InChI is InChI=1S/C16H18FN5O3S/c1-21(2)14-13-15(22(3)9-18-13)20-16(19-14)26(23,24)8-10-5-6-12(25-4)11(17)7-10/h5-7,9H,8H2,1-4H3. The molecule has 0 N–H and O–H groups in total. The minimum Gasteiger partial charge on any atom is -0.494 e. The lowest BCUT2D eigenvalue weighted by molar-refractivity contribution is 0.386. The minimum absolute atomic E-state index is 0.0496. The van der Waals surface area contributed by atoms with Crippen molar-refractivity contribution in [3.8, 4) is 5.75 Å². The third-order valence-corrected chi connectivity index (χ3v) is 5.25. The molecule has 0 aliphatic carbocycles. The summed E-state index contributed by atoms with van der Waals surface area (Å²) in [6.07, 6.45) is 1.54. The molecule has 0 aliphatic rings. The second-order valence-corrected chi connectivity index (χ2v) is 7.86. The normalized spacial score (nSPS) is 11.7. The van der Waals surface area contributed by atoms with Crippen LogP contribution in [0.4, 0.5) is 10.2 Å². The van der Waals surface area contributed by atoms with Gasteiger partial charge in [-0.15, -0.1) is 0 Å². The molecule has 2 aromatic heterocycles. The first-order valence-electron chi connectivity index (χ1n) is 7.64. The van der Waals surface area contributed by atoms with Crippen molar-refractivity contribution >= 4 is 26.8 Å². The number of benzene rings is 1. The van der Waals surface area contributed by atoms with Crippen molar-refractivity contribution in [1.29, 1.82) is 0 Å². The van der Waals surface area contributed by atoms with E-state index in [0.717, 1.165) is 6.07 Å². The summed E-state index contributed by atoms with van der Waals surface area (Å²) in [7, 11) is 2.66. The molecule has 0 fully saturated rings. The van der Waals surface area contributed by atoms with Gasteiger partial charge < -0.3 is 14.2 Å². The first-order valence-corrected chi connectivity index (χ1v) is 9.29. The topological polar surface area (TPSA) is 90.2 Å². The van der Waals surface area contributed by atoms with E-state index in [4.69, 9.17) is 4.74 Å². The zero-order valence-electron chi connectivity index (χ0n) is 14.8. The Morgan fingerprint density at radius 1 is 1.27 bits per heavy atom. The predicted molar refractivity (Wildman–Crippen MR) is 94.5 cm³/mol. The van der Waals surface area contributed by atoms with E-state index >= 15 is 0 Å². The van der Waals surface area contributed by atoms with Crippen molar-refractivity contribution in [2.45, 2.75) is 10.9 Å². The smallest absolute Gasteiger partial charge is 0.251 e. The first kappa shape index (κ1) is 18.1. The van der Waals surface area contributed by atoms with Gasteiger partial charge >= 0.3 is 0 Å². The number of aryl methyl sites for hydroxylation is 1. The number of halogens is 1. The molecule has 26 heavy (non-hydrogen) atoms. The molecule has 0 radical (unpaired) electrons. The zero-order valence-corrected chi connectivity index (χ0v) is 15.6. The van der Waals surface area contributed by atoms with E-state index in [1.54, 1.807) is 36.9 Å². The summed E-state index contributed by atoms with van der Waals surface area (Å²) in [5, 5.41) is -0.325. The fraction of sp³-hybridized carbons (Fsp3) is 0.312. The predicted octanol–water partition coefficient (Wildman–Crippen LogP) is 1.55. The molecule has 10 heteroatoms. The van der Waals surface area contributed by atoms with Crippen LogP contribution in [-0.2, 0) is 22.6 Å². The summed E-state index contributed by atoms with van der Waals surface area (Å²) in [5.41, 5.74) is 1.19. The maximum atomic E-state index is 13.8. The monoisotopic (exact) mass is 379 g/mol. The van der Waals surface area contributed by atoms with Crippen molar-refractivity contribution in [2.24, 2.45) is 7.05 Å². The Morgan fingerprint density at radius 2 is 2.00 bits per heavy atom. The molecule has 0 saturated carbocycles. The lowest BCUT2D eigenvalue weighted by Gasteiger charge is -2.13. The molecule has 0 atom stereocenters. The molecule has 0 aliphatic heterocycles. The van der Waals surface area contributed by atoms with E-state index in [2.05, 4.69) is 15.0 Å². The van der Waals surface area contributed by atoms with Crippen LogP contribution in [0, 0.1) is 5.82 Å². The molecule has 2 heterocycles. The Balaban J connectivity index is 2.06. The fourth-order valence-electron chi connectivity index (χ4n) is 2.51. The van der Waals surface area contributed by atoms with Crippen LogP contribution in [0.15, 0.2) is 29.7 Å². The maximum Gasteiger partial charge on any atom is 0.251 e. The molecule has 0 saturated heterocycles. The second kappa shape index (κ2) is 6.52. The van der Waals surface area contributed by atoms with E-state index in [-0.39, 0.29) is 16.5 Å². The number of fused-ring (bicyclic) bond motifs is 1. The van der Waals surface area contributed by atoms with Gasteiger partial charge in [-0.2, -0.15) is 9.97 Å². The Bertz CT molecular complexity index is 1080. The van der Waals surface area contributed by atoms with E-state index in [1.165, 1.54) is 19.2 Å². The van der Waals surface area contributed by atoms with Gasteiger partial charge in [0.25, 0.3) is 5.16 Å². The number of rotatable bonds is 5. The van der Waals surface area contributed by atoms with Crippen LogP contribution in [0.5, 0.6) is 5.75 Å². The largest absolute Gasteiger partial charge is 0.494 e. The van der Waals surface area contributed by atoms with Gasteiger partial charge in [0, 0.05) is 21.1 Å². The molecule has 3 rings (SSSR count). The lowest BCUT2D eigenvalue weighted by atomic mass is 10.2. The van der Waals surface area contributed by atoms with Gasteiger partial charge in [0.05, 0.1) is 19.2 Å². The molecule has 3 aromatic rings. The summed E-state index contributed by atoms with van der Waals surface area (Å²) >= 11 is 0. The van der Waals surface area contributed by atoms with Crippen LogP contribution in [0.1, 0.15) is 5.56 Å². The number of anilines is 1. The number of sulfone groups is 1. The van der Waals surface area contributed by atoms with Crippen molar-refractivity contribution in [3.63, 3.8) is 0 Å². The third-order valence-electron chi connectivity index (χ3n) is 3.80. The zero-order chi connectivity index (χ0) is 19.1. The van der Waals surface area contributed by atoms with E-state index in [0.29, 0.717) is 17.0 Å². The molecular weight excluding hydrogens is 361 g/mol. The molecule has 0 unspecified atom stereocenters. The number of hydrogen-bond donors (Lipinski definition) is 0. The van der Waals surface area contributed by atoms with Crippen LogP contribution in [0.3, 0.4) is 0 Å². The van der Waals surface area contributed by atoms with E-state index < -0.39 is 21.4 Å².